The molecule has 0 unspecified atom stereocenters. The van der Waals surface area contributed by atoms with Crippen LogP contribution in [0.3, 0.4) is 0 Å². The highest BCUT2D eigenvalue weighted by Crippen LogP contribution is 2.42. The normalized spacial score (nSPS) is 24.7. The van der Waals surface area contributed by atoms with E-state index in [9.17, 15) is 9.59 Å². The molecule has 1 saturated carbocycles. The van der Waals surface area contributed by atoms with E-state index in [1.807, 2.05) is 45.9 Å². The first kappa shape index (κ1) is 21.5. The first-order valence-electron chi connectivity index (χ1n) is 11.7. The first-order chi connectivity index (χ1) is 16.0. The second-order valence-corrected chi connectivity index (χ2v) is 9.28. The van der Waals surface area contributed by atoms with E-state index in [0.29, 0.717) is 29.2 Å². The van der Waals surface area contributed by atoms with Crippen LogP contribution in [0.5, 0.6) is 5.75 Å². The van der Waals surface area contributed by atoms with Gasteiger partial charge in [-0.25, -0.2) is 4.98 Å². The van der Waals surface area contributed by atoms with Crippen LogP contribution in [0.1, 0.15) is 45.6 Å². The summed E-state index contributed by atoms with van der Waals surface area (Å²) in [6.45, 7) is 4.50. The zero-order valence-electron chi connectivity index (χ0n) is 19.3. The highest BCUT2D eigenvalue weighted by Gasteiger charge is 2.46. The third-order valence-corrected chi connectivity index (χ3v) is 7.38. The van der Waals surface area contributed by atoms with Gasteiger partial charge in [-0.1, -0.05) is 51.0 Å². The number of amides is 2. The third-order valence-electron chi connectivity index (χ3n) is 7.38. The van der Waals surface area contributed by atoms with E-state index < -0.39 is 6.04 Å². The Morgan fingerprint density at radius 3 is 2.70 bits per heavy atom. The zero-order valence-corrected chi connectivity index (χ0v) is 19.3. The van der Waals surface area contributed by atoms with E-state index in [1.165, 1.54) is 6.42 Å². The second kappa shape index (κ2) is 8.54. The predicted octanol–water partition coefficient (Wildman–Crippen LogP) is 4.79. The largest absolute Gasteiger partial charge is 0.495 e. The molecule has 7 nitrogen and oxygen atoms in total. The summed E-state index contributed by atoms with van der Waals surface area (Å²) in [6, 6.07) is 14.6. The van der Waals surface area contributed by atoms with Crippen LogP contribution in [0.15, 0.2) is 48.5 Å². The van der Waals surface area contributed by atoms with E-state index in [-0.39, 0.29) is 24.3 Å². The van der Waals surface area contributed by atoms with Gasteiger partial charge in [0.1, 0.15) is 11.8 Å². The maximum Gasteiger partial charge on any atom is 0.253 e. The van der Waals surface area contributed by atoms with Crippen molar-refractivity contribution in [3.05, 3.63) is 48.5 Å². The highest BCUT2D eigenvalue weighted by molar-refractivity contribution is 6.05. The number of fused-ring (bicyclic) bond motifs is 3. The van der Waals surface area contributed by atoms with E-state index in [4.69, 9.17) is 9.72 Å². The summed E-state index contributed by atoms with van der Waals surface area (Å²) in [4.78, 5) is 33.6. The summed E-state index contributed by atoms with van der Waals surface area (Å²) in [6.07, 6.45) is 3.28. The number of hydrogen-bond acceptors (Lipinski definition) is 4. The number of ether oxygens (including phenoxy) is 1. The Morgan fingerprint density at radius 2 is 1.88 bits per heavy atom. The van der Waals surface area contributed by atoms with Gasteiger partial charge in [0.2, 0.25) is 11.9 Å². The quantitative estimate of drug-likeness (QED) is 0.612. The van der Waals surface area contributed by atoms with E-state index in [2.05, 4.69) is 19.2 Å². The Bertz CT molecular complexity index is 1200. The molecule has 3 aromatic rings. The summed E-state index contributed by atoms with van der Waals surface area (Å²) in [5, 5.41) is 2.92. The molecule has 2 heterocycles. The number of rotatable bonds is 5. The van der Waals surface area contributed by atoms with Crippen LogP contribution in [0, 0.1) is 11.8 Å². The molecule has 7 heteroatoms. The van der Waals surface area contributed by atoms with Gasteiger partial charge in [-0.3, -0.25) is 19.1 Å². The maximum absolute atomic E-state index is 13.8. The molecule has 2 aromatic carbocycles. The second-order valence-electron chi connectivity index (χ2n) is 9.28. The SMILES string of the molecule is COc1ccccc1NC(=O)C[C@H]1C(=O)N([C@@H]2CCC[C@@H](C)[C@@H]2C)c2nc3ccccc3n21. The molecule has 1 aliphatic heterocycles. The van der Waals surface area contributed by atoms with Gasteiger partial charge in [-0.15, -0.1) is 0 Å². The lowest BCUT2D eigenvalue weighted by Gasteiger charge is -2.39. The molecule has 1 aromatic heterocycles. The predicted molar refractivity (Wildman–Crippen MR) is 128 cm³/mol. The molecule has 2 aliphatic rings. The topological polar surface area (TPSA) is 76.5 Å². The van der Waals surface area contributed by atoms with Crippen molar-refractivity contribution in [2.24, 2.45) is 11.8 Å². The molecule has 0 saturated heterocycles. The maximum atomic E-state index is 13.8. The standard InChI is InChI=1S/C26H30N4O3/c1-16-9-8-13-20(17(16)2)30-25(32)22(29-21-12-6-4-10-18(21)28-26(29)30)15-24(31)27-19-11-5-7-14-23(19)33-3/h4-7,10-12,14,16-17,20,22H,8-9,13,15H2,1-3H3,(H,27,31)/t16-,17+,20-,22+/m1/s1. The summed E-state index contributed by atoms with van der Waals surface area (Å²) in [5.41, 5.74) is 2.32. The van der Waals surface area contributed by atoms with Crippen molar-refractivity contribution >= 4 is 34.5 Å². The number of anilines is 2. The van der Waals surface area contributed by atoms with Gasteiger partial charge in [0, 0.05) is 6.04 Å². The van der Waals surface area contributed by atoms with Gasteiger partial charge in [0.05, 0.1) is 30.3 Å². The summed E-state index contributed by atoms with van der Waals surface area (Å²) < 4.78 is 7.32. The number of nitrogens with one attached hydrogen (secondary N) is 1. The van der Waals surface area contributed by atoms with Crippen molar-refractivity contribution < 1.29 is 14.3 Å². The van der Waals surface area contributed by atoms with Gasteiger partial charge in [-0.05, 0) is 42.5 Å². The number of methoxy groups -OCH3 is 1. The molecule has 0 radical (unpaired) electrons. The van der Waals surface area contributed by atoms with E-state index in [0.717, 1.165) is 23.9 Å². The molecule has 4 atom stereocenters. The van der Waals surface area contributed by atoms with Crippen molar-refractivity contribution in [3.8, 4) is 5.75 Å². The third kappa shape index (κ3) is 3.65. The average Bonchev–Trinajstić information content (AvgIpc) is 3.30. The minimum Gasteiger partial charge on any atom is -0.495 e. The smallest absolute Gasteiger partial charge is 0.253 e. The van der Waals surface area contributed by atoms with Crippen LogP contribution >= 0.6 is 0 Å². The van der Waals surface area contributed by atoms with Crippen LogP contribution in [0.2, 0.25) is 0 Å². The number of carbonyl (C=O) groups is 2. The van der Waals surface area contributed by atoms with Gasteiger partial charge in [0.15, 0.2) is 0 Å². The molecule has 1 N–H and O–H groups in total. The lowest BCUT2D eigenvalue weighted by Crippen LogP contribution is -2.47. The van der Waals surface area contributed by atoms with Gasteiger partial charge in [0.25, 0.3) is 5.91 Å². The Balaban J connectivity index is 1.49. The monoisotopic (exact) mass is 446 g/mol. The number of carbonyl (C=O) groups excluding carboxylic acids is 2. The Hall–Kier alpha value is -3.35. The number of benzene rings is 2. The molecular formula is C26H30N4O3. The Labute approximate surface area is 193 Å². The number of aromatic nitrogens is 2. The Morgan fingerprint density at radius 1 is 1.12 bits per heavy atom. The number of para-hydroxylation sites is 4. The molecule has 0 spiro atoms. The number of nitrogens with zero attached hydrogens (tertiary/aromatic N) is 3. The zero-order chi connectivity index (χ0) is 23.1. The molecule has 172 valence electrons. The minimum absolute atomic E-state index is 0.0376. The average molecular weight is 447 g/mol. The molecule has 1 aliphatic carbocycles. The highest BCUT2D eigenvalue weighted by atomic mass is 16.5. The van der Waals surface area contributed by atoms with Gasteiger partial charge in [-0.2, -0.15) is 0 Å². The van der Waals surface area contributed by atoms with Gasteiger partial charge < -0.3 is 10.1 Å². The van der Waals surface area contributed by atoms with Crippen molar-refractivity contribution in [1.82, 2.24) is 9.55 Å². The lowest BCUT2D eigenvalue weighted by molar-refractivity contribution is -0.125. The van der Waals surface area contributed by atoms with E-state index >= 15 is 0 Å². The molecule has 0 bridgehead atoms. The summed E-state index contributed by atoms with van der Waals surface area (Å²) >= 11 is 0. The van der Waals surface area contributed by atoms with Gasteiger partial charge >= 0.3 is 0 Å². The molecular weight excluding hydrogens is 416 g/mol. The first-order valence-corrected chi connectivity index (χ1v) is 11.7. The molecule has 33 heavy (non-hydrogen) atoms. The fourth-order valence-electron chi connectivity index (χ4n) is 5.41. The van der Waals surface area contributed by atoms with Crippen molar-refractivity contribution in [2.45, 2.75) is 51.6 Å². The summed E-state index contributed by atoms with van der Waals surface area (Å²) in [5.74, 6) is 1.91. The van der Waals surface area contributed by atoms with Crippen LogP contribution in [-0.4, -0.2) is 34.5 Å². The summed E-state index contributed by atoms with van der Waals surface area (Å²) in [7, 11) is 1.57. The fourth-order valence-corrected chi connectivity index (χ4v) is 5.41. The van der Waals surface area contributed by atoms with Crippen molar-refractivity contribution in [2.75, 3.05) is 17.3 Å². The molecule has 5 rings (SSSR count). The van der Waals surface area contributed by atoms with Crippen LogP contribution in [-0.2, 0) is 9.59 Å². The minimum atomic E-state index is -0.619. The number of hydrogen-bond donors (Lipinski definition) is 1. The van der Waals surface area contributed by atoms with Crippen LogP contribution in [0.4, 0.5) is 11.6 Å². The van der Waals surface area contributed by atoms with Crippen LogP contribution in [0.25, 0.3) is 11.0 Å². The molecule has 1 fully saturated rings. The Kier molecular flexibility index (Phi) is 5.56. The van der Waals surface area contributed by atoms with Crippen molar-refractivity contribution in [3.63, 3.8) is 0 Å². The van der Waals surface area contributed by atoms with E-state index in [1.54, 1.807) is 19.2 Å². The van der Waals surface area contributed by atoms with Crippen LogP contribution < -0.4 is 15.0 Å². The fraction of sp³-hybridized carbons (Fsp3) is 0.423. The lowest BCUT2D eigenvalue weighted by atomic mass is 9.77. The van der Waals surface area contributed by atoms with Crippen molar-refractivity contribution in [1.29, 1.82) is 0 Å². The number of imidazole rings is 1. The molecule has 2 amide bonds.